The molecule has 0 aliphatic heterocycles. The minimum atomic E-state index is -1.10. The molecule has 4 heteroatoms. The molecule has 1 aliphatic carbocycles. The van der Waals surface area contributed by atoms with Crippen molar-refractivity contribution in [1.29, 1.82) is 0 Å². The average Bonchev–Trinajstić information content (AvgIpc) is 2.59. The monoisotopic (exact) mass is 400 g/mol. The molecular formula is C25H36O4. The highest BCUT2D eigenvalue weighted by Crippen LogP contribution is 2.40. The Bertz CT molecular complexity index is 771. The van der Waals surface area contributed by atoms with Crippen molar-refractivity contribution in [2.75, 3.05) is 6.61 Å². The van der Waals surface area contributed by atoms with Crippen molar-refractivity contribution >= 4 is 11.9 Å². The first kappa shape index (κ1) is 24.7. The summed E-state index contributed by atoms with van der Waals surface area (Å²) in [6.07, 6.45) is 15.1. The Labute approximate surface area is 175 Å². The summed E-state index contributed by atoms with van der Waals surface area (Å²) in [5, 5.41) is 9.04. The Balaban J connectivity index is 2.68. The van der Waals surface area contributed by atoms with E-state index in [1.54, 1.807) is 6.92 Å². The Kier molecular flexibility index (Phi) is 8.87. The normalized spacial score (nSPS) is 18.6. The van der Waals surface area contributed by atoms with Crippen molar-refractivity contribution in [2.45, 2.75) is 67.7 Å². The smallest absolute Gasteiger partial charge is 0.331 e. The largest absolute Gasteiger partial charge is 0.481 e. The van der Waals surface area contributed by atoms with Crippen LogP contribution in [-0.4, -0.2) is 23.7 Å². The predicted molar refractivity (Wildman–Crippen MR) is 119 cm³/mol. The zero-order valence-corrected chi connectivity index (χ0v) is 19.0. The molecule has 0 aromatic heterocycles. The van der Waals surface area contributed by atoms with Crippen LogP contribution >= 0.6 is 0 Å². The zero-order valence-electron chi connectivity index (χ0n) is 19.0. The fourth-order valence-corrected chi connectivity index (χ4v) is 3.22. The molecule has 0 aromatic carbocycles. The number of allylic oxidation sites excluding steroid dienone is 9. The van der Waals surface area contributed by atoms with Crippen LogP contribution in [0.15, 0.2) is 58.7 Å². The van der Waals surface area contributed by atoms with Gasteiger partial charge in [-0.2, -0.15) is 0 Å². The van der Waals surface area contributed by atoms with Crippen molar-refractivity contribution in [1.82, 2.24) is 0 Å². The molecule has 0 bridgehead atoms. The number of carboxylic acids is 1. The average molecular weight is 401 g/mol. The minimum Gasteiger partial charge on any atom is -0.481 e. The molecule has 0 amide bonds. The Morgan fingerprint density at radius 1 is 1.17 bits per heavy atom. The van der Waals surface area contributed by atoms with Gasteiger partial charge in [-0.3, -0.25) is 4.79 Å². The highest BCUT2D eigenvalue weighted by atomic mass is 16.5. The van der Waals surface area contributed by atoms with Gasteiger partial charge in [0.25, 0.3) is 0 Å². The van der Waals surface area contributed by atoms with Crippen molar-refractivity contribution in [3.63, 3.8) is 0 Å². The van der Waals surface area contributed by atoms with E-state index in [-0.39, 0.29) is 12.0 Å². The first-order valence-electron chi connectivity index (χ1n) is 10.2. The van der Waals surface area contributed by atoms with Crippen LogP contribution in [0.2, 0.25) is 0 Å². The third-order valence-corrected chi connectivity index (χ3v) is 5.27. The molecule has 0 aromatic rings. The molecule has 29 heavy (non-hydrogen) atoms. The Morgan fingerprint density at radius 2 is 1.83 bits per heavy atom. The van der Waals surface area contributed by atoms with Crippen LogP contribution in [0.25, 0.3) is 0 Å². The number of esters is 1. The lowest BCUT2D eigenvalue weighted by Crippen LogP contribution is -2.30. The quantitative estimate of drug-likeness (QED) is 0.300. The summed E-state index contributed by atoms with van der Waals surface area (Å²) in [5.74, 6) is -1.54. The predicted octanol–water partition coefficient (Wildman–Crippen LogP) is 6.17. The molecule has 0 saturated heterocycles. The van der Waals surface area contributed by atoms with Crippen LogP contribution in [0.3, 0.4) is 0 Å². The first-order valence-corrected chi connectivity index (χ1v) is 10.2. The number of carboxylic acid groups (broad SMARTS) is 1. The lowest BCUT2D eigenvalue weighted by Gasteiger charge is -2.32. The number of hydrogen-bond donors (Lipinski definition) is 1. The summed E-state index contributed by atoms with van der Waals surface area (Å²) in [7, 11) is 0. The number of rotatable bonds is 8. The number of hydrogen-bond acceptors (Lipinski definition) is 3. The summed E-state index contributed by atoms with van der Waals surface area (Å²) in [6, 6.07) is 0. The van der Waals surface area contributed by atoms with E-state index >= 15 is 0 Å². The summed E-state index contributed by atoms with van der Waals surface area (Å²) >= 11 is 0. The highest BCUT2D eigenvalue weighted by Gasteiger charge is 2.28. The molecule has 160 valence electrons. The van der Waals surface area contributed by atoms with Gasteiger partial charge in [0.05, 0.1) is 5.41 Å². The van der Waals surface area contributed by atoms with Gasteiger partial charge in [-0.05, 0) is 70.4 Å². The fourth-order valence-electron chi connectivity index (χ4n) is 3.22. The second kappa shape index (κ2) is 10.4. The number of carbonyl (C=O) groups is 2. The van der Waals surface area contributed by atoms with Gasteiger partial charge in [-0.1, -0.05) is 55.4 Å². The number of aliphatic carboxylic acids is 1. The summed E-state index contributed by atoms with van der Waals surface area (Å²) in [4.78, 5) is 22.9. The lowest BCUT2D eigenvalue weighted by atomic mass is 9.72. The third kappa shape index (κ3) is 8.26. The van der Waals surface area contributed by atoms with Gasteiger partial charge < -0.3 is 9.84 Å². The van der Waals surface area contributed by atoms with E-state index in [4.69, 9.17) is 9.84 Å². The molecule has 1 rings (SSSR count). The molecule has 0 atom stereocenters. The van der Waals surface area contributed by atoms with Crippen LogP contribution in [0.5, 0.6) is 0 Å². The second-order valence-electron chi connectivity index (χ2n) is 9.22. The van der Waals surface area contributed by atoms with E-state index in [9.17, 15) is 9.59 Å². The van der Waals surface area contributed by atoms with Gasteiger partial charge in [-0.15, -0.1) is 0 Å². The molecular weight excluding hydrogens is 364 g/mol. The van der Waals surface area contributed by atoms with Gasteiger partial charge in [0.1, 0.15) is 6.61 Å². The van der Waals surface area contributed by atoms with Crippen LogP contribution in [0, 0.1) is 10.8 Å². The maximum atomic E-state index is 11.8. The molecule has 0 spiro atoms. The van der Waals surface area contributed by atoms with Crippen LogP contribution < -0.4 is 0 Å². The van der Waals surface area contributed by atoms with E-state index < -0.39 is 17.4 Å². The molecule has 0 heterocycles. The van der Waals surface area contributed by atoms with Crippen molar-refractivity contribution < 1.29 is 19.4 Å². The van der Waals surface area contributed by atoms with Crippen LogP contribution in [0.1, 0.15) is 67.7 Å². The second-order valence-corrected chi connectivity index (χ2v) is 9.22. The van der Waals surface area contributed by atoms with Crippen molar-refractivity contribution in [2.24, 2.45) is 10.8 Å². The molecule has 1 N–H and O–H groups in total. The standard InChI is InChI=1S/C25H36O4/c1-18(13-14-21-20(3)12-9-15-24(21,4)5)10-8-11-19(2)16-22(26)29-17-25(6,7)23(27)28/h8,10-11,13-14,16H,9,12,15,17H2,1-7H3,(H,27,28)/b11-8+,14-13+,18-10+,19-16+. The number of ether oxygens (including phenoxy) is 1. The fraction of sp³-hybridized carbons (Fsp3) is 0.520. The molecule has 0 radical (unpaired) electrons. The van der Waals surface area contributed by atoms with E-state index in [0.717, 1.165) is 11.1 Å². The molecule has 0 unspecified atom stereocenters. The van der Waals surface area contributed by atoms with Crippen molar-refractivity contribution in [3.05, 3.63) is 58.7 Å². The zero-order chi connectivity index (χ0) is 22.2. The maximum Gasteiger partial charge on any atom is 0.331 e. The first-order chi connectivity index (χ1) is 13.3. The van der Waals surface area contributed by atoms with Crippen LogP contribution in [0.4, 0.5) is 0 Å². The SMILES string of the molecule is CC1=C(/C=C/C(C)=C/C=C/C(C)=C/C(=O)OCC(C)(C)C(=O)O)C(C)(C)CCC1. The molecule has 0 saturated carbocycles. The molecule has 1 aliphatic rings. The van der Waals surface area contributed by atoms with Gasteiger partial charge in [0.15, 0.2) is 0 Å². The molecule has 4 nitrogen and oxygen atoms in total. The lowest BCUT2D eigenvalue weighted by molar-refractivity contribution is -0.154. The number of carbonyl (C=O) groups excluding carboxylic acids is 1. The van der Waals surface area contributed by atoms with Gasteiger partial charge in [-0.25, -0.2) is 4.79 Å². The summed E-state index contributed by atoms with van der Waals surface area (Å²) < 4.78 is 5.04. The Hall–Kier alpha value is -2.36. The third-order valence-electron chi connectivity index (χ3n) is 5.27. The van der Waals surface area contributed by atoms with Gasteiger partial charge >= 0.3 is 11.9 Å². The summed E-state index contributed by atoms with van der Waals surface area (Å²) in [5.41, 5.74) is 3.90. The molecule has 0 fully saturated rings. The minimum absolute atomic E-state index is 0.163. The Morgan fingerprint density at radius 3 is 2.41 bits per heavy atom. The van der Waals surface area contributed by atoms with E-state index in [2.05, 4.69) is 32.9 Å². The van der Waals surface area contributed by atoms with E-state index in [1.807, 2.05) is 25.2 Å². The topological polar surface area (TPSA) is 63.6 Å². The maximum absolute atomic E-state index is 11.8. The van der Waals surface area contributed by atoms with E-state index in [1.165, 1.54) is 50.3 Å². The summed E-state index contributed by atoms with van der Waals surface area (Å²) in [6.45, 7) is 13.6. The van der Waals surface area contributed by atoms with Gasteiger partial charge in [0.2, 0.25) is 0 Å². The van der Waals surface area contributed by atoms with Crippen LogP contribution in [-0.2, 0) is 14.3 Å². The van der Waals surface area contributed by atoms with Crippen molar-refractivity contribution in [3.8, 4) is 0 Å². The highest BCUT2D eigenvalue weighted by molar-refractivity contribution is 5.83. The van der Waals surface area contributed by atoms with E-state index in [0.29, 0.717) is 0 Å². The van der Waals surface area contributed by atoms with Gasteiger partial charge in [0, 0.05) is 6.08 Å².